The Morgan fingerprint density at radius 2 is 2.00 bits per heavy atom. The van der Waals surface area contributed by atoms with Crippen LogP contribution in [0.25, 0.3) is 0 Å². The molecule has 2 rings (SSSR count). The van der Waals surface area contributed by atoms with Gasteiger partial charge in [0.15, 0.2) is 0 Å². The molecule has 0 bridgehead atoms. The molecule has 2 fully saturated rings. The van der Waals surface area contributed by atoms with Crippen molar-refractivity contribution < 1.29 is 4.79 Å². The molecule has 0 spiro atoms. The molecule has 16 heavy (non-hydrogen) atoms. The predicted octanol–water partition coefficient (Wildman–Crippen LogP) is 1.71. The lowest BCUT2D eigenvalue weighted by Gasteiger charge is -2.34. The second kappa shape index (κ2) is 5.87. The lowest BCUT2D eigenvalue weighted by atomic mass is 9.81. The molecule has 1 aliphatic heterocycles. The Labute approximate surface area is 104 Å². The second-order valence-electron chi connectivity index (χ2n) is 5.48. The second-order valence-corrected chi connectivity index (χ2v) is 5.48. The van der Waals surface area contributed by atoms with Gasteiger partial charge in [-0.25, -0.2) is 0 Å². The zero-order valence-electron chi connectivity index (χ0n) is 10.1. The molecule has 4 heteroatoms. The molecular weight excluding hydrogens is 224 g/mol. The van der Waals surface area contributed by atoms with E-state index in [0.717, 1.165) is 26.1 Å². The molecule has 1 heterocycles. The third kappa shape index (κ3) is 4.30. The Hall–Kier alpha value is -0.280. The van der Waals surface area contributed by atoms with E-state index in [1.807, 2.05) is 0 Å². The fourth-order valence-electron chi connectivity index (χ4n) is 2.18. The number of carbonyl (C=O) groups excluding carboxylic acids is 1. The first kappa shape index (κ1) is 13.8. The van der Waals surface area contributed by atoms with E-state index in [-0.39, 0.29) is 18.3 Å². The van der Waals surface area contributed by atoms with E-state index in [0.29, 0.717) is 11.3 Å². The number of nitrogens with one attached hydrogen (secondary N) is 2. The van der Waals surface area contributed by atoms with Crippen molar-refractivity contribution >= 4 is 18.3 Å². The Bertz CT molecular complexity index is 235. The molecule has 3 nitrogen and oxygen atoms in total. The summed E-state index contributed by atoms with van der Waals surface area (Å²) < 4.78 is 0. The van der Waals surface area contributed by atoms with Crippen LogP contribution < -0.4 is 10.6 Å². The Balaban J connectivity index is 0.00000128. The molecule has 0 aromatic heterocycles. The highest BCUT2D eigenvalue weighted by atomic mass is 35.5. The highest BCUT2D eigenvalue weighted by Crippen LogP contribution is 2.32. The van der Waals surface area contributed by atoms with Gasteiger partial charge in [-0.2, -0.15) is 0 Å². The Morgan fingerprint density at radius 3 is 2.56 bits per heavy atom. The van der Waals surface area contributed by atoms with Gasteiger partial charge in [0.05, 0.1) is 0 Å². The molecule has 1 saturated heterocycles. The maximum Gasteiger partial charge on any atom is 0.220 e. The fraction of sp³-hybridized carbons (Fsp3) is 0.917. The monoisotopic (exact) mass is 246 g/mol. The van der Waals surface area contributed by atoms with Crippen LogP contribution in [0.2, 0.25) is 0 Å². The number of rotatable bonds is 4. The molecule has 0 aromatic carbocycles. The van der Waals surface area contributed by atoms with Crippen molar-refractivity contribution in [2.24, 2.45) is 11.3 Å². The topological polar surface area (TPSA) is 41.1 Å². The Morgan fingerprint density at radius 1 is 1.38 bits per heavy atom. The van der Waals surface area contributed by atoms with Gasteiger partial charge < -0.3 is 10.6 Å². The minimum Gasteiger partial charge on any atom is -0.356 e. The molecule has 2 N–H and O–H groups in total. The van der Waals surface area contributed by atoms with E-state index >= 15 is 0 Å². The highest BCUT2D eigenvalue weighted by molar-refractivity contribution is 5.85. The third-order valence-corrected chi connectivity index (χ3v) is 3.69. The van der Waals surface area contributed by atoms with Crippen LogP contribution in [0.15, 0.2) is 0 Å². The summed E-state index contributed by atoms with van der Waals surface area (Å²) in [7, 11) is 0. The number of hydrogen-bond acceptors (Lipinski definition) is 2. The molecule has 1 aliphatic carbocycles. The van der Waals surface area contributed by atoms with Gasteiger partial charge in [-0.1, -0.05) is 6.92 Å². The number of carbonyl (C=O) groups is 1. The summed E-state index contributed by atoms with van der Waals surface area (Å²) in [6.45, 7) is 5.33. The van der Waals surface area contributed by atoms with Gasteiger partial charge in [-0.15, -0.1) is 12.4 Å². The predicted molar refractivity (Wildman–Crippen MR) is 67.8 cm³/mol. The summed E-state index contributed by atoms with van der Waals surface area (Å²) in [5, 5.41) is 6.45. The first-order valence-electron chi connectivity index (χ1n) is 6.15. The van der Waals surface area contributed by atoms with Gasteiger partial charge in [0, 0.05) is 13.0 Å². The van der Waals surface area contributed by atoms with E-state index in [9.17, 15) is 4.79 Å². The maximum atomic E-state index is 11.6. The number of hydrogen-bond donors (Lipinski definition) is 2. The van der Waals surface area contributed by atoms with Gasteiger partial charge in [-0.05, 0) is 50.1 Å². The smallest absolute Gasteiger partial charge is 0.220 e. The van der Waals surface area contributed by atoms with Crippen molar-refractivity contribution in [3.05, 3.63) is 0 Å². The van der Waals surface area contributed by atoms with Crippen LogP contribution in [0.4, 0.5) is 0 Å². The van der Waals surface area contributed by atoms with Crippen molar-refractivity contribution in [3.8, 4) is 0 Å². The summed E-state index contributed by atoms with van der Waals surface area (Å²) in [5.74, 6) is 0.961. The van der Waals surface area contributed by atoms with Crippen LogP contribution >= 0.6 is 12.4 Å². The van der Waals surface area contributed by atoms with Crippen molar-refractivity contribution in [3.63, 3.8) is 0 Å². The van der Waals surface area contributed by atoms with Crippen molar-refractivity contribution in [1.29, 1.82) is 0 Å². The normalized spacial score (nSPS) is 23.3. The molecule has 0 radical (unpaired) electrons. The van der Waals surface area contributed by atoms with E-state index in [1.54, 1.807) is 0 Å². The molecule has 0 unspecified atom stereocenters. The SMILES string of the molecule is CC1(CNC(=O)CC2CC2)CCNCC1.Cl. The van der Waals surface area contributed by atoms with Gasteiger partial charge in [-0.3, -0.25) is 4.79 Å². The van der Waals surface area contributed by atoms with Crippen LogP contribution in [0.5, 0.6) is 0 Å². The molecular formula is C12H23ClN2O. The van der Waals surface area contributed by atoms with E-state index < -0.39 is 0 Å². The number of halogens is 1. The summed E-state index contributed by atoms with van der Waals surface area (Å²) in [6, 6.07) is 0. The average molecular weight is 247 g/mol. The van der Waals surface area contributed by atoms with Crippen LogP contribution in [0, 0.1) is 11.3 Å². The molecule has 1 amide bonds. The summed E-state index contributed by atoms with van der Waals surface area (Å²) >= 11 is 0. The quantitative estimate of drug-likeness (QED) is 0.793. The van der Waals surface area contributed by atoms with Crippen molar-refractivity contribution in [2.45, 2.75) is 39.0 Å². The van der Waals surface area contributed by atoms with E-state index in [1.165, 1.54) is 25.7 Å². The molecule has 94 valence electrons. The summed E-state index contributed by atoms with van der Waals surface area (Å²) in [6.07, 6.45) is 5.63. The standard InChI is InChI=1S/C12H22N2O.ClH/c1-12(4-6-13-7-5-12)9-14-11(15)8-10-2-3-10;/h10,13H,2-9H2,1H3,(H,14,15);1H. The lowest BCUT2D eigenvalue weighted by molar-refractivity contribution is -0.122. The summed E-state index contributed by atoms with van der Waals surface area (Å²) in [5.41, 5.74) is 0.324. The van der Waals surface area contributed by atoms with E-state index in [4.69, 9.17) is 0 Å². The maximum absolute atomic E-state index is 11.6. The fourth-order valence-corrected chi connectivity index (χ4v) is 2.18. The van der Waals surface area contributed by atoms with Crippen molar-refractivity contribution in [1.82, 2.24) is 10.6 Å². The minimum absolute atomic E-state index is 0. The van der Waals surface area contributed by atoms with Crippen LogP contribution in [0.3, 0.4) is 0 Å². The van der Waals surface area contributed by atoms with Crippen LogP contribution in [0.1, 0.15) is 39.0 Å². The number of amides is 1. The molecule has 0 aromatic rings. The largest absolute Gasteiger partial charge is 0.356 e. The molecule has 0 atom stereocenters. The first-order chi connectivity index (χ1) is 7.18. The minimum atomic E-state index is 0. The molecule has 1 saturated carbocycles. The van der Waals surface area contributed by atoms with Gasteiger partial charge >= 0.3 is 0 Å². The van der Waals surface area contributed by atoms with Gasteiger partial charge in [0.2, 0.25) is 5.91 Å². The van der Waals surface area contributed by atoms with Crippen LogP contribution in [-0.4, -0.2) is 25.5 Å². The first-order valence-corrected chi connectivity index (χ1v) is 6.15. The zero-order valence-corrected chi connectivity index (χ0v) is 10.9. The Kier molecular flexibility index (Phi) is 5.06. The third-order valence-electron chi connectivity index (χ3n) is 3.69. The lowest BCUT2D eigenvalue weighted by Crippen LogP contribution is -2.42. The highest BCUT2D eigenvalue weighted by Gasteiger charge is 2.28. The van der Waals surface area contributed by atoms with Gasteiger partial charge in [0.25, 0.3) is 0 Å². The van der Waals surface area contributed by atoms with E-state index in [2.05, 4.69) is 17.6 Å². The summed E-state index contributed by atoms with van der Waals surface area (Å²) in [4.78, 5) is 11.6. The molecule has 2 aliphatic rings. The number of piperidine rings is 1. The van der Waals surface area contributed by atoms with Gasteiger partial charge in [0.1, 0.15) is 0 Å². The van der Waals surface area contributed by atoms with Crippen LogP contribution in [-0.2, 0) is 4.79 Å². The zero-order chi connectivity index (χ0) is 10.7. The van der Waals surface area contributed by atoms with Crippen molar-refractivity contribution in [2.75, 3.05) is 19.6 Å². The average Bonchev–Trinajstić information content (AvgIpc) is 3.00.